The van der Waals surface area contributed by atoms with Gasteiger partial charge in [-0.25, -0.2) is 14.8 Å². The minimum Gasteiger partial charge on any atom is -0.496 e. The molecule has 2 atom stereocenters. The Balaban J connectivity index is 0.000000284. The number of methoxy groups -OCH3 is 2. The number of hydrogen-bond donors (Lipinski definition) is 3. The van der Waals surface area contributed by atoms with Crippen LogP contribution in [0.1, 0.15) is 47.9 Å². The van der Waals surface area contributed by atoms with Gasteiger partial charge in [-0.05, 0) is 140 Å². The Morgan fingerprint density at radius 3 is 1.69 bits per heavy atom. The number of rotatable bonds is 11. The van der Waals surface area contributed by atoms with Crippen molar-refractivity contribution in [1.29, 1.82) is 1.34 Å². The molecule has 0 amide bonds. The second-order valence-electron chi connectivity index (χ2n) is 14.6. The van der Waals surface area contributed by atoms with Crippen molar-refractivity contribution in [2.24, 2.45) is 0 Å². The van der Waals surface area contributed by atoms with E-state index in [1.807, 2.05) is 96.0 Å². The molecule has 4 heterocycles. The number of halogens is 3. The number of pyridine rings is 2. The Hall–Kier alpha value is -4.89. The molecular weight excluding hydrogens is 1080 g/mol. The fourth-order valence-corrected chi connectivity index (χ4v) is 7.74. The molecule has 0 saturated carbocycles. The molecule has 6 aromatic rings. The third-order valence-corrected chi connectivity index (χ3v) is 10.9. The molecule has 0 spiro atoms. The van der Waals surface area contributed by atoms with Crippen LogP contribution in [0.5, 0.6) is 11.5 Å². The molecule has 2 saturated heterocycles. The number of carboxylic acids is 2. The molecule has 2 radical (unpaired) electrons. The van der Waals surface area contributed by atoms with Crippen LogP contribution in [-0.2, 0) is 22.4 Å². The molecule has 2 aliphatic heterocycles. The van der Waals surface area contributed by atoms with E-state index >= 15 is 0 Å². The Morgan fingerprint density at radius 1 is 0.750 bits per heavy atom. The molecule has 0 bridgehead atoms. The average molecular weight is 1130 g/mol. The van der Waals surface area contributed by atoms with E-state index < -0.39 is 23.9 Å². The summed E-state index contributed by atoms with van der Waals surface area (Å²) >= 11 is 12.3. The summed E-state index contributed by atoms with van der Waals surface area (Å²) < 4.78 is 29.2. The smallest absolute Gasteiger partial charge is 0.326 e. The van der Waals surface area contributed by atoms with E-state index in [1.54, 1.807) is 26.5 Å². The van der Waals surface area contributed by atoms with Crippen LogP contribution in [0, 0.1) is 44.5 Å². The number of hydrogen-bond acceptors (Lipinski definition) is 8. The summed E-state index contributed by atoms with van der Waals surface area (Å²) in [4.78, 5) is 31.7. The van der Waals surface area contributed by atoms with Crippen molar-refractivity contribution in [2.45, 2.75) is 50.6 Å². The standard InChI is InChI=1S/C24H23ClN2O3.C19H15ClFNO.C5H9NO2.CH3.BH.U/c1-30-22-9-7-16(13-20(22)18-4-2-5-19(25)14-18)12-17-8-10-23(26-15-17)27-11-3-6-21(27)24(28)29;1-23-18-7-5-13(9-14-6-8-19(21)22-12-14)10-17(18)15-3-2-4-16(20)11-15;7-5(8)4-2-1-3-6-4;;;/h2,4-5,7-10,13-15,21H,3,6,11-12H2,1H3,(H,28,29);2-8,10-12H,9H2,1H3;4,6H,1-3H2,(H,7,8);1H3;1H;/q;;;-1;;/t21-;;4-;;;/m0.0.../s1/i;;;;1D;. The van der Waals surface area contributed by atoms with Crippen molar-refractivity contribution in [1.82, 2.24) is 15.3 Å². The number of nitrogens with zero attached hydrogens (tertiary/aromatic N) is 3. The Morgan fingerprint density at radius 2 is 1.28 bits per heavy atom. The number of benzene rings is 4. The fraction of sp³-hybridized carbons (Fsp3) is 0.245. The van der Waals surface area contributed by atoms with E-state index in [2.05, 4.69) is 35.8 Å². The van der Waals surface area contributed by atoms with Crippen LogP contribution in [0.25, 0.3) is 22.3 Å². The zero-order valence-electron chi connectivity index (χ0n) is 36.9. The summed E-state index contributed by atoms with van der Waals surface area (Å²) in [5, 5.41) is 22.0. The molecule has 64 heavy (non-hydrogen) atoms. The summed E-state index contributed by atoms with van der Waals surface area (Å²) in [6.45, 7) is 1.59. The quantitative estimate of drug-likeness (QED) is 0.0655. The van der Waals surface area contributed by atoms with Crippen molar-refractivity contribution in [3.05, 3.63) is 167 Å². The first kappa shape index (κ1) is 51.7. The van der Waals surface area contributed by atoms with E-state index in [0.717, 1.165) is 94.2 Å². The first-order valence-corrected chi connectivity index (χ1v) is 20.6. The van der Waals surface area contributed by atoms with Gasteiger partial charge in [0.25, 0.3) is 0 Å². The van der Waals surface area contributed by atoms with E-state index in [9.17, 15) is 19.1 Å². The first-order chi connectivity index (χ1) is 30.5. The van der Waals surface area contributed by atoms with Crippen LogP contribution >= 0.6 is 23.2 Å². The summed E-state index contributed by atoms with van der Waals surface area (Å²) in [6.07, 6.45) is 8.09. The number of aliphatic carboxylic acids is 2. The molecule has 2 aliphatic rings. The van der Waals surface area contributed by atoms with E-state index in [4.69, 9.17) is 39.1 Å². The number of ether oxygens (including phenoxy) is 2. The van der Waals surface area contributed by atoms with Gasteiger partial charge >= 0.3 is 11.9 Å². The number of aromatic nitrogens is 2. The monoisotopic (exact) mass is 1130 g/mol. The third-order valence-electron chi connectivity index (χ3n) is 10.4. The van der Waals surface area contributed by atoms with E-state index in [0.29, 0.717) is 29.3 Å². The summed E-state index contributed by atoms with van der Waals surface area (Å²) in [7, 11) is 7.06. The van der Waals surface area contributed by atoms with Crippen molar-refractivity contribution >= 4 is 49.3 Å². The topological polar surface area (TPSA) is 134 Å². The Labute approximate surface area is 411 Å². The van der Waals surface area contributed by atoms with Crippen molar-refractivity contribution in [3.63, 3.8) is 0 Å². The van der Waals surface area contributed by atoms with Crippen LogP contribution < -0.4 is 19.7 Å². The maximum atomic E-state index is 12.9. The zero-order chi connectivity index (χ0) is 45.3. The van der Waals surface area contributed by atoms with Gasteiger partial charge < -0.3 is 37.3 Å². The van der Waals surface area contributed by atoms with Gasteiger partial charge in [0.05, 0.1) is 14.2 Å². The second kappa shape index (κ2) is 26.2. The summed E-state index contributed by atoms with van der Waals surface area (Å²) in [5.74, 6) is 0.324. The minimum absolute atomic E-state index is 0. The zero-order valence-corrected chi connectivity index (χ0v) is 41.6. The third kappa shape index (κ3) is 14.8. The predicted molar refractivity (Wildman–Crippen MR) is 251 cm³/mol. The molecule has 2 aromatic heterocycles. The van der Waals surface area contributed by atoms with E-state index in [1.165, 1.54) is 6.07 Å². The van der Waals surface area contributed by atoms with Crippen LogP contribution in [0.3, 0.4) is 0 Å². The maximum absolute atomic E-state index is 12.9. The van der Waals surface area contributed by atoms with Gasteiger partial charge in [0.1, 0.15) is 29.4 Å². The molecule has 15 heteroatoms. The maximum Gasteiger partial charge on any atom is 0.326 e. The van der Waals surface area contributed by atoms with Gasteiger partial charge in [0.2, 0.25) is 5.95 Å². The van der Waals surface area contributed by atoms with E-state index in [-0.39, 0.29) is 44.6 Å². The number of nitrogens with one attached hydrogen (secondary N) is 1. The molecular formula is C49H51BCl2FN4O6U-. The van der Waals surface area contributed by atoms with Crippen LogP contribution in [0.2, 0.25) is 10.0 Å². The molecule has 0 unspecified atom stereocenters. The SMILES string of the molecule is COc1ccc(Cc2ccc(F)nc2)cc1-c1cccc(Cl)c1.COc1ccc(Cc2ccc(N3CCC[C@H]3C(=O)O)nc2)cc1-c1cccc(Cl)c1.O=C(O)[C@@H]1CCCN1.[2H][B].[CH3-].[U]. The van der Waals surface area contributed by atoms with Crippen molar-refractivity contribution < 1.29 is 64.8 Å². The number of anilines is 1. The van der Waals surface area contributed by atoms with Gasteiger partial charge in [-0.2, -0.15) is 4.39 Å². The normalized spacial score (nSPS) is 14.9. The molecule has 2 fully saturated rings. The largest absolute Gasteiger partial charge is 0.496 e. The number of carbonyl (C=O) groups is 2. The van der Waals surface area contributed by atoms with Crippen LogP contribution in [0.15, 0.2) is 122 Å². The number of carboxylic acid groups (broad SMARTS) is 2. The molecule has 8 rings (SSSR count). The second-order valence-corrected chi connectivity index (χ2v) is 15.5. The molecule has 332 valence electrons. The predicted octanol–water partition coefficient (Wildman–Crippen LogP) is 9.82. The van der Waals surface area contributed by atoms with Crippen molar-refractivity contribution in [3.8, 4) is 33.8 Å². The molecule has 10 nitrogen and oxygen atoms in total. The van der Waals surface area contributed by atoms with Gasteiger partial charge in [-0.3, -0.25) is 4.79 Å². The summed E-state index contributed by atoms with van der Waals surface area (Å²) in [6, 6.07) is 33.8. The first-order valence-electron chi connectivity index (χ1n) is 20.5. The van der Waals surface area contributed by atoms with Crippen LogP contribution in [0.4, 0.5) is 10.2 Å². The van der Waals surface area contributed by atoms with Gasteiger partial charge in [-0.15, -0.1) is 0 Å². The Kier molecular flexibility index (Phi) is 21.1. The fourth-order valence-electron chi connectivity index (χ4n) is 7.36. The van der Waals surface area contributed by atoms with Gasteiger partial charge in [-0.1, -0.05) is 71.7 Å². The van der Waals surface area contributed by atoms with Crippen molar-refractivity contribution in [2.75, 3.05) is 32.2 Å². The van der Waals surface area contributed by atoms with Gasteiger partial charge in [0, 0.05) is 79.6 Å². The Bertz CT molecular complexity index is 2430. The van der Waals surface area contributed by atoms with Crippen LogP contribution in [-0.4, -0.2) is 81.2 Å². The molecule has 0 aliphatic carbocycles. The summed E-state index contributed by atoms with van der Waals surface area (Å²) in [5.41, 5.74) is 8.20. The minimum atomic E-state index is -0.787. The molecule has 3 N–H and O–H groups in total. The molecule has 4 aromatic carbocycles. The van der Waals surface area contributed by atoms with Gasteiger partial charge in [0.15, 0.2) is 0 Å². The average Bonchev–Trinajstić information content (AvgIpc) is 4.03.